The first kappa shape index (κ1) is 16.0. The molecule has 1 aliphatic carbocycles. The van der Waals surface area contributed by atoms with Crippen molar-refractivity contribution in [3.8, 4) is 0 Å². The first-order valence-electron chi connectivity index (χ1n) is 7.44. The summed E-state index contributed by atoms with van der Waals surface area (Å²) in [5, 5.41) is 5.89. The molecule has 0 aromatic heterocycles. The van der Waals surface area contributed by atoms with E-state index >= 15 is 0 Å². The van der Waals surface area contributed by atoms with Crippen LogP contribution in [0.25, 0.3) is 0 Å². The highest BCUT2D eigenvalue weighted by atomic mass is 79.9. The zero-order valence-corrected chi connectivity index (χ0v) is 13.8. The summed E-state index contributed by atoms with van der Waals surface area (Å²) >= 11 is 3.37. The van der Waals surface area contributed by atoms with Crippen LogP contribution in [-0.2, 0) is 9.59 Å². The van der Waals surface area contributed by atoms with E-state index in [1.165, 1.54) is 0 Å². The molecular formula is C16H21BrN2O2. The van der Waals surface area contributed by atoms with Crippen molar-refractivity contribution in [2.24, 2.45) is 0 Å². The fraction of sp³-hybridized carbons (Fsp3) is 0.500. The highest BCUT2D eigenvalue weighted by molar-refractivity contribution is 9.10. The summed E-state index contributed by atoms with van der Waals surface area (Å²) in [4.78, 5) is 24.5. The molecule has 2 N–H and O–H groups in total. The summed E-state index contributed by atoms with van der Waals surface area (Å²) in [7, 11) is 0. The van der Waals surface area contributed by atoms with Gasteiger partial charge in [0.25, 0.3) is 0 Å². The van der Waals surface area contributed by atoms with E-state index in [1.807, 2.05) is 24.3 Å². The molecule has 0 radical (unpaired) electrons. The van der Waals surface area contributed by atoms with Crippen molar-refractivity contribution >= 4 is 33.4 Å². The van der Waals surface area contributed by atoms with Crippen LogP contribution in [0.4, 0.5) is 5.69 Å². The molecule has 114 valence electrons. The lowest BCUT2D eigenvalue weighted by Gasteiger charge is -2.36. The van der Waals surface area contributed by atoms with Gasteiger partial charge < -0.3 is 10.6 Å². The zero-order valence-electron chi connectivity index (χ0n) is 12.2. The van der Waals surface area contributed by atoms with E-state index in [1.54, 1.807) is 6.92 Å². The molecule has 2 amide bonds. The molecule has 5 heteroatoms. The van der Waals surface area contributed by atoms with E-state index in [9.17, 15) is 9.59 Å². The van der Waals surface area contributed by atoms with Gasteiger partial charge in [0, 0.05) is 16.6 Å². The number of benzene rings is 1. The number of halogens is 1. The highest BCUT2D eigenvalue weighted by Crippen LogP contribution is 2.30. The Labute approximate surface area is 133 Å². The Morgan fingerprint density at radius 1 is 1.14 bits per heavy atom. The molecule has 21 heavy (non-hydrogen) atoms. The van der Waals surface area contributed by atoms with Gasteiger partial charge in [-0.2, -0.15) is 0 Å². The summed E-state index contributed by atoms with van der Waals surface area (Å²) in [5.74, 6) is -0.172. The number of nitrogens with one attached hydrogen (secondary N) is 2. The standard InChI is InChI=1S/C16H21BrN2O2/c1-2-14(20)19-16(10-4-3-5-11-16)15(21)18-13-8-6-12(17)7-9-13/h6-9H,2-5,10-11H2,1H3,(H,18,21)(H,19,20). The first-order valence-corrected chi connectivity index (χ1v) is 8.23. The second-order valence-corrected chi connectivity index (χ2v) is 6.42. The molecule has 0 heterocycles. The first-order chi connectivity index (χ1) is 10.1. The normalized spacial score (nSPS) is 17.0. The smallest absolute Gasteiger partial charge is 0.250 e. The van der Waals surface area contributed by atoms with Crippen LogP contribution in [0.3, 0.4) is 0 Å². The van der Waals surface area contributed by atoms with Crippen LogP contribution < -0.4 is 10.6 Å². The third kappa shape index (κ3) is 4.06. The van der Waals surface area contributed by atoms with Crippen LogP contribution in [0.15, 0.2) is 28.7 Å². The van der Waals surface area contributed by atoms with Crippen LogP contribution in [0.2, 0.25) is 0 Å². The lowest BCUT2D eigenvalue weighted by atomic mass is 9.80. The van der Waals surface area contributed by atoms with Crippen LogP contribution in [0.1, 0.15) is 45.4 Å². The summed E-state index contributed by atoms with van der Waals surface area (Å²) in [6, 6.07) is 7.46. The molecule has 1 aliphatic rings. The van der Waals surface area contributed by atoms with Crippen LogP contribution in [-0.4, -0.2) is 17.4 Å². The molecule has 1 fully saturated rings. The molecular weight excluding hydrogens is 332 g/mol. The summed E-state index contributed by atoms with van der Waals surface area (Å²) in [6.07, 6.45) is 4.88. The quantitative estimate of drug-likeness (QED) is 0.869. The number of anilines is 1. The molecule has 1 saturated carbocycles. The van der Waals surface area contributed by atoms with Gasteiger partial charge in [-0.15, -0.1) is 0 Å². The minimum absolute atomic E-state index is 0.0668. The monoisotopic (exact) mass is 352 g/mol. The zero-order chi connectivity index (χ0) is 15.3. The maximum Gasteiger partial charge on any atom is 0.250 e. The molecule has 4 nitrogen and oxygen atoms in total. The maximum absolute atomic E-state index is 12.7. The third-order valence-electron chi connectivity index (χ3n) is 3.94. The molecule has 0 aliphatic heterocycles. The minimum Gasteiger partial charge on any atom is -0.342 e. The highest BCUT2D eigenvalue weighted by Gasteiger charge is 2.40. The lowest BCUT2D eigenvalue weighted by Crippen LogP contribution is -2.57. The molecule has 0 unspecified atom stereocenters. The largest absolute Gasteiger partial charge is 0.342 e. The molecule has 0 bridgehead atoms. The SMILES string of the molecule is CCC(=O)NC1(C(=O)Nc2ccc(Br)cc2)CCCCC1. The van der Waals surface area contributed by atoms with E-state index in [-0.39, 0.29) is 11.8 Å². The van der Waals surface area contributed by atoms with Gasteiger partial charge >= 0.3 is 0 Å². The van der Waals surface area contributed by atoms with Crippen molar-refractivity contribution in [1.82, 2.24) is 5.32 Å². The van der Waals surface area contributed by atoms with Crippen molar-refractivity contribution < 1.29 is 9.59 Å². The second kappa shape index (κ2) is 7.07. The molecule has 1 aromatic carbocycles. The fourth-order valence-corrected chi connectivity index (χ4v) is 2.97. The van der Waals surface area contributed by atoms with Crippen LogP contribution >= 0.6 is 15.9 Å². The summed E-state index contributed by atoms with van der Waals surface area (Å²) in [5.41, 5.74) is -0.00259. The van der Waals surface area contributed by atoms with Crippen molar-refractivity contribution in [2.45, 2.75) is 51.0 Å². The number of rotatable bonds is 4. The lowest BCUT2D eigenvalue weighted by molar-refractivity contribution is -0.131. The van der Waals surface area contributed by atoms with Gasteiger partial charge in [0.1, 0.15) is 5.54 Å². The van der Waals surface area contributed by atoms with Crippen molar-refractivity contribution in [3.63, 3.8) is 0 Å². The van der Waals surface area contributed by atoms with E-state index in [2.05, 4.69) is 26.6 Å². The second-order valence-electron chi connectivity index (χ2n) is 5.51. The molecule has 0 saturated heterocycles. The Balaban J connectivity index is 2.13. The molecule has 0 atom stereocenters. The van der Waals surface area contributed by atoms with Crippen molar-refractivity contribution in [3.05, 3.63) is 28.7 Å². The number of hydrogen-bond acceptors (Lipinski definition) is 2. The predicted octanol–water partition coefficient (Wildman–Crippen LogP) is 3.62. The Hall–Kier alpha value is -1.36. The van der Waals surface area contributed by atoms with Crippen LogP contribution in [0, 0.1) is 0 Å². The van der Waals surface area contributed by atoms with Crippen LogP contribution in [0.5, 0.6) is 0 Å². The third-order valence-corrected chi connectivity index (χ3v) is 4.47. The maximum atomic E-state index is 12.7. The van der Waals surface area contributed by atoms with E-state index in [0.717, 1.165) is 29.4 Å². The van der Waals surface area contributed by atoms with Crippen molar-refractivity contribution in [2.75, 3.05) is 5.32 Å². The Morgan fingerprint density at radius 2 is 1.76 bits per heavy atom. The van der Waals surface area contributed by atoms with E-state index in [4.69, 9.17) is 0 Å². The van der Waals surface area contributed by atoms with Gasteiger partial charge in [0.05, 0.1) is 0 Å². The molecule has 2 rings (SSSR count). The topological polar surface area (TPSA) is 58.2 Å². The van der Waals surface area contributed by atoms with Gasteiger partial charge in [0.2, 0.25) is 11.8 Å². The van der Waals surface area contributed by atoms with Gasteiger partial charge in [-0.1, -0.05) is 42.1 Å². The summed E-state index contributed by atoms with van der Waals surface area (Å²) in [6.45, 7) is 1.80. The van der Waals surface area contributed by atoms with E-state index < -0.39 is 5.54 Å². The Kier molecular flexibility index (Phi) is 5.39. The van der Waals surface area contributed by atoms with Gasteiger partial charge in [0.15, 0.2) is 0 Å². The Bertz CT molecular complexity index is 508. The average molecular weight is 353 g/mol. The predicted molar refractivity (Wildman–Crippen MR) is 87.0 cm³/mol. The molecule has 1 aromatic rings. The fourth-order valence-electron chi connectivity index (χ4n) is 2.70. The number of hydrogen-bond donors (Lipinski definition) is 2. The number of amides is 2. The van der Waals surface area contributed by atoms with Crippen molar-refractivity contribution in [1.29, 1.82) is 0 Å². The van der Waals surface area contributed by atoms with E-state index in [0.29, 0.717) is 19.3 Å². The van der Waals surface area contributed by atoms with Gasteiger partial charge in [-0.3, -0.25) is 9.59 Å². The summed E-state index contributed by atoms with van der Waals surface area (Å²) < 4.78 is 0.965. The van der Waals surface area contributed by atoms with Gasteiger partial charge in [-0.05, 0) is 37.1 Å². The van der Waals surface area contributed by atoms with Gasteiger partial charge in [-0.25, -0.2) is 0 Å². The molecule has 0 spiro atoms. The number of carbonyl (C=O) groups is 2. The number of carbonyl (C=O) groups excluding carboxylic acids is 2. The average Bonchev–Trinajstić information content (AvgIpc) is 2.50. The Morgan fingerprint density at radius 3 is 2.33 bits per heavy atom. The minimum atomic E-state index is -0.752.